The second-order valence-electron chi connectivity index (χ2n) is 3.50. The molecule has 7 nitrogen and oxygen atoms in total. The van der Waals surface area contributed by atoms with Gasteiger partial charge in [0.15, 0.2) is 0 Å². The van der Waals surface area contributed by atoms with E-state index in [1.54, 1.807) is 12.1 Å². The summed E-state index contributed by atoms with van der Waals surface area (Å²) < 4.78 is 5.33. The standard InChI is InChI=1S/C10H9ClN4O3/c1-6-2-3-7(18-6)4-12-9-8(15(16)17)5-13-10(11)14-9/h2-3,5H,4H2,1H3,(H,12,13,14). The number of hydrogen-bond acceptors (Lipinski definition) is 6. The molecule has 0 aliphatic carbocycles. The minimum atomic E-state index is -0.577. The van der Waals surface area contributed by atoms with Gasteiger partial charge in [-0.15, -0.1) is 0 Å². The smallest absolute Gasteiger partial charge is 0.329 e. The van der Waals surface area contributed by atoms with Crippen molar-refractivity contribution >= 4 is 23.1 Å². The molecule has 0 saturated heterocycles. The molecule has 18 heavy (non-hydrogen) atoms. The molecule has 0 unspecified atom stereocenters. The minimum Gasteiger partial charge on any atom is -0.465 e. The van der Waals surface area contributed by atoms with E-state index >= 15 is 0 Å². The van der Waals surface area contributed by atoms with Crippen molar-refractivity contribution < 1.29 is 9.34 Å². The summed E-state index contributed by atoms with van der Waals surface area (Å²) in [6.07, 6.45) is 1.06. The predicted octanol–water partition coefficient (Wildman–Crippen LogP) is 2.55. The van der Waals surface area contributed by atoms with Crippen LogP contribution in [0.5, 0.6) is 0 Å². The Hall–Kier alpha value is -2.15. The largest absolute Gasteiger partial charge is 0.465 e. The maximum Gasteiger partial charge on any atom is 0.329 e. The van der Waals surface area contributed by atoms with Crippen LogP contribution in [0.1, 0.15) is 11.5 Å². The van der Waals surface area contributed by atoms with Crippen LogP contribution in [-0.4, -0.2) is 14.9 Å². The van der Waals surface area contributed by atoms with Gasteiger partial charge in [-0.05, 0) is 30.7 Å². The van der Waals surface area contributed by atoms with Crippen molar-refractivity contribution in [2.75, 3.05) is 5.32 Å². The van der Waals surface area contributed by atoms with Gasteiger partial charge in [0, 0.05) is 0 Å². The zero-order chi connectivity index (χ0) is 13.1. The van der Waals surface area contributed by atoms with Crippen LogP contribution >= 0.6 is 11.6 Å². The number of nitrogens with zero attached hydrogens (tertiary/aromatic N) is 3. The number of hydrogen-bond donors (Lipinski definition) is 1. The van der Waals surface area contributed by atoms with E-state index in [0.717, 1.165) is 12.0 Å². The first kappa shape index (κ1) is 12.3. The third-order valence-corrected chi connectivity index (χ3v) is 2.34. The number of furan rings is 1. The molecular weight excluding hydrogens is 260 g/mol. The van der Waals surface area contributed by atoms with E-state index in [4.69, 9.17) is 16.0 Å². The molecule has 2 rings (SSSR count). The predicted molar refractivity (Wildman–Crippen MR) is 64.5 cm³/mol. The number of aryl methyl sites for hydroxylation is 1. The summed E-state index contributed by atoms with van der Waals surface area (Å²) >= 11 is 5.60. The first-order valence-corrected chi connectivity index (χ1v) is 5.40. The first-order valence-electron chi connectivity index (χ1n) is 5.02. The lowest BCUT2D eigenvalue weighted by atomic mass is 10.4. The number of anilines is 1. The summed E-state index contributed by atoms with van der Waals surface area (Å²) in [6, 6.07) is 3.58. The van der Waals surface area contributed by atoms with Crippen molar-refractivity contribution in [3.05, 3.63) is 45.2 Å². The van der Waals surface area contributed by atoms with Crippen LogP contribution in [-0.2, 0) is 6.54 Å². The van der Waals surface area contributed by atoms with Gasteiger partial charge in [0.25, 0.3) is 0 Å². The summed E-state index contributed by atoms with van der Waals surface area (Å²) in [5.74, 6) is 1.48. The van der Waals surface area contributed by atoms with Gasteiger partial charge in [0.2, 0.25) is 11.1 Å². The molecule has 0 radical (unpaired) electrons. The van der Waals surface area contributed by atoms with Gasteiger partial charge in [0.05, 0.1) is 11.5 Å². The third-order valence-electron chi connectivity index (χ3n) is 2.16. The van der Waals surface area contributed by atoms with Crippen LogP contribution in [0.25, 0.3) is 0 Å². The van der Waals surface area contributed by atoms with E-state index in [9.17, 15) is 10.1 Å². The van der Waals surface area contributed by atoms with E-state index in [1.807, 2.05) is 6.92 Å². The van der Waals surface area contributed by atoms with Gasteiger partial charge < -0.3 is 9.73 Å². The van der Waals surface area contributed by atoms with Crippen LogP contribution in [0.4, 0.5) is 11.5 Å². The molecule has 94 valence electrons. The van der Waals surface area contributed by atoms with Crippen LogP contribution in [0, 0.1) is 17.0 Å². The number of rotatable bonds is 4. The molecule has 1 N–H and O–H groups in total. The Kier molecular flexibility index (Phi) is 3.42. The van der Waals surface area contributed by atoms with Crippen molar-refractivity contribution in [2.45, 2.75) is 13.5 Å². The first-order chi connectivity index (χ1) is 8.56. The maximum atomic E-state index is 10.8. The average Bonchev–Trinajstić information content (AvgIpc) is 2.72. The van der Waals surface area contributed by atoms with Gasteiger partial charge in [-0.25, -0.2) is 4.98 Å². The zero-order valence-electron chi connectivity index (χ0n) is 9.38. The topological polar surface area (TPSA) is 94.1 Å². The Morgan fingerprint density at radius 3 is 2.94 bits per heavy atom. The lowest BCUT2D eigenvalue weighted by molar-refractivity contribution is -0.384. The molecule has 0 spiro atoms. The SMILES string of the molecule is Cc1ccc(CNc2nc(Cl)ncc2[N+](=O)[O-])o1. The molecule has 0 aliphatic rings. The monoisotopic (exact) mass is 268 g/mol. The van der Waals surface area contributed by atoms with Gasteiger partial charge >= 0.3 is 5.69 Å². The van der Waals surface area contributed by atoms with E-state index < -0.39 is 4.92 Å². The second-order valence-corrected chi connectivity index (χ2v) is 3.83. The molecule has 0 aliphatic heterocycles. The number of nitro groups is 1. The third kappa shape index (κ3) is 2.75. The Morgan fingerprint density at radius 1 is 1.56 bits per heavy atom. The quantitative estimate of drug-likeness (QED) is 0.520. The highest BCUT2D eigenvalue weighted by molar-refractivity contribution is 6.28. The van der Waals surface area contributed by atoms with Crippen molar-refractivity contribution in [1.29, 1.82) is 0 Å². The van der Waals surface area contributed by atoms with Crippen molar-refractivity contribution in [2.24, 2.45) is 0 Å². The van der Waals surface area contributed by atoms with Crippen molar-refractivity contribution in [1.82, 2.24) is 9.97 Å². The highest BCUT2D eigenvalue weighted by Crippen LogP contribution is 2.22. The summed E-state index contributed by atoms with van der Waals surface area (Å²) in [5, 5.41) is 13.5. The summed E-state index contributed by atoms with van der Waals surface area (Å²) in [6.45, 7) is 2.09. The molecule has 2 heterocycles. The highest BCUT2D eigenvalue weighted by Gasteiger charge is 2.16. The summed E-state index contributed by atoms with van der Waals surface area (Å²) in [4.78, 5) is 17.5. The number of nitrogens with one attached hydrogen (secondary N) is 1. The van der Waals surface area contributed by atoms with Crippen molar-refractivity contribution in [3.63, 3.8) is 0 Å². The van der Waals surface area contributed by atoms with Gasteiger partial charge in [0.1, 0.15) is 17.7 Å². The highest BCUT2D eigenvalue weighted by atomic mass is 35.5. The van der Waals surface area contributed by atoms with Gasteiger partial charge in [-0.1, -0.05) is 0 Å². The molecule has 0 saturated carbocycles. The minimum absolute atomic E-state index is 0.0567. The molecule has 0 bridgehead atoms. The van der Waals surface area contributed by atoms with E-state index in [0.29, 0.717) is 5.76 Å². The fourth-order valence-corrected chi connectivity index (χ4v) is 1.50. The van der Waals surface area contributed by atoms with Gasteiger partial charge in [-0.2, -0.15) is 4.98 Å². The molecule has 0 fully saturated rings. The normalized spacial score (nSPS) is 10.3. The van der Waals surface area contributed by atoms with E-state index in [2.05, 4.69) is 15.3 Å². The lowest BCUT2D eigenvalue weighted by Crippen LogP contribution is -2.05. The van der Waals surface area contributed by atoms with Gasteiger partial charge in [-0.3, -0.25) is 10.1 Å². The number of aromatic nitrogens is 2. The number of halogens is 1. The van der Waals surface area contributed by atoms with Crippen LogP contribution in [0.15, 0.2) is 22.7 Å². The van der Waals surface area contributed by atoms with E-state index in [-0.39, 0.29) is 23.3 Å². The van der Waals surface area contributed by atoms with Crippen LogP contribution in [0.2, 0.25) is 5.28 Å². The average molecular weight is 269 g/mol. The molecule has 2 aromatic rings. The fourth-order valence-electron chi connectivity index (χ4n) is 1.37. The fraction of sp³-hybridized carbons (Fsp3) is 0.200. The van der Waals surface area contributed by atoms with Crippen LogP contribution in [0.3, 0.4) is 0 Å². The van der Waals surface area contributed by atoms with Crippen LogP contribution < -0.4 is 5.32 Å². The van der Waals surface area contributed by atoms with E-state index in [1.165, 1.54) is 0 Å². The molecule has 2 aromatic heterocycles. The zero-order valence-corrected chi connectivity index (χ0v) is 10.1. The second kappa shape index (κ2) is 5.01. The van der Waals surface area contributed by atoms with Crippen molar-refractivity contribution in [3.8, 4) is 0 Å². The molecule has 0 atom stereocenters. The Labute approximate surface area is 107 Å². The molecule has 0 amide bonds. The Morgan fingerprint density at radius 2 is 2.33 bits per heavy atom. The Bertz CT molecular complexity index is 584. The maximum absolute atomic E-state index is 10.8. The summed E-state index contributed by atoms with van der Waals surface area (Å²) in [5.41, 5.74) is -0.234. The molecule has 8 heteroatoms. The summed E-state index contributed by atoms with van der Waals surface area (Å²) in [7, 11) is 0. The molecule has 0 aromatic carbocycles. The Balaban J connectivity index is 2.17. The lowest BCUT2D eigenvalue weighted by Gasteiger charge is -2.04. The molecular formula is C10H9ClN4O3.